The van der Waals surface area contributed by atoms with Crippen LogP contribution >= 0.6 is 15.9 Å². The maximum atomic E-state index is 10.4. The van der Waals surface area contributed by atoms with Crippen LogP contribution in [0.25, 0.3) is 0 Å². The molecule has 1 aromatic carbocycles. The number of aromatic hydroxyl groups is 1. The Balaban J connectivity index is 2.43. The van der Waals surface area contributed by atoms with Gasteiger partial charge in [0, 0.05) is 0 Å². The first kappa shape index (κ1) is 13.9. The van der Waals surface area contributed by atoms with E-state index in [1.54, 1.807) is 0 Å². The first-order chi connectivity index (χ1) is 8.65. The number of hydrogen-bond acceptors (Lipinski definition) is 2. The van der Waals surface area contributed by atoms with Crippen LogP contribution in [0.5, 0.6) is 5.75 Å². The summed E-state index contributed by atoms with van der Waals surface area (Å²) in [5.41, 5.74) is 9.40. The third-order valence-corrected chi connectivity index (χ3v) is 4.82. The Morgan fingerprint density at radius 2 is 2.06 bits per heavy atom. The Kier molecular flexibility index (Phi) is 4.68. The van der Waals surface area contributed by atoms with E-state index in [0.29, 0.717) is 18.2 Å². The summed E-state index contributed by atoms with van der Waals surface area (Å²) in [6.07, 6.45) is 6.90. The van der Waals surface area contributed by atoms with Crippen molar-refractivity contribution in [3.05, 3.63) is 27.2 Å². The molecule has 0 saturated heterocycles. The molecule has 0 saturated carbocycles. The standard InChI is InChI=1S/C15H22BrNO/c1-10(7-8-17)13-9-11-5-3-2-4-6-12(11)14(16)15(13)18/h9-10,18H,2-8,17H2,1H3. The number of phenols is 1. The van der Waals surface area contributed by atoms with E-state index in [1.165, 1.54) is 30.4 Å². The number of nitrogens with two attached hydrogens (primary N) is 1. The Bertz CT molecular complexity index is 431. The molecule has 1 atom stereocenters. The van der Waals surface area contributed by atoms with E-state index >= 15 is 0 Å². The SMILES string of the molecule is CC(CCN)c1cc2c(c(Br)c1O)CCCCC2. The Morgan fingerprint density at radius 1 is 1.33 bits per heavy atom. The second kappa shape index (κ2) is 6.07. The van der Waals surface area contributed by atoms with E-state index in [1.807, 2.05) is 0 Å². The number of rotatable bonds is 3. The lowest BCUT2D eigenvalue weighted by Crippen LogP contribution is -2.06. The summed E-state index contributed by atoms with van der Waals surface area (Å²) in [7, 11) is 0. The fourth-order valence-electron chi connectivity index (χ4n) is 2.82. The molecule has 0 aromatic heterocycles. The summed E-state index contributed by atoms with van der Waals surface area (Å²) in [6, 6.07) is 2.21. The predicted molar refractivity (Wildman–Crippen MR) is 79.2 cm³/mol. The van der Waals surface area contributed by atoms with Gasteiger partial charge in [-0.1, -0.05) is 19.4 Å². The zero-order valence-corrected chi connectivity index (χ0v) is 12.6. The van der Waals surface area contributed by atoms with E-state index in [0.717, 1.165) is 29.3 Å². The fraction of sp³-hybridized carbons (Fsp3) is 0.600. The molecular formula is C15H22BrNO. The van der Waals surface area contributed by atoms with E-state index in [-0.39, 0.29) is 0 Å². The molecule has 0 radical (unpaired) electrons. The van der Waals surface area contributed by atoms with Gasteiger partial charge in [0.15, 0.2) is 0 Å². The molecule has 3 heteroatoms. The molecule has 0 heterocycles. The number of hydrogen-bond donors (Lipinski definition) is 2. The number of aryl methyl sites for hydroxylation is 1. The zero-order valence-electron chi connectivity index (χ0n) is 11.0. The highest BCUT2D eigenvalue weighted by Crippen LogP contribution is 2.40. The molecule has 0 spiro atoms. The summed E-state index contributed by atoms with van der Waals surface area (Å²) >= 11 is 3.59. The maximum Gasteiger partial charge on any atom is 0.133 e. The van der Waals surface area contributed by atoms with Crippen molar-refractivity contribution in [1.82, 2.24) is 0 Å². The second-order valence-corrected chi connectivity index (χ2v) is 6.10. The van der Waals surface area contributed by atoms with Gasteiger partial charge in [0.05, 0.1) is 4.47 Å². The normalized spacial score (nSPS) is 17.1. The molecule has 100 valence electrons. The van der Waals surface area contributed by atoms with Crippen LogP contribution < -0.4 is 5.73 Å². The summed E-state index contributed by atoms with van der Waals surface area (Å²) in [6.45, 7) is 2.80. The average Bonchev–Trinajstić information content (AvgIpc) is 2.59. The van der Waals surface area contributed by atoms with Gasteiger partial charge in [0.25, 0.3) is 0 Å². The Hall–Kier alpha value is -0.540. The van der Waals surface area contributed by atoms with Crippen LogP contribution in [0.3, 0.4) is 0 Å². The summed E-state index contributed by atoms with van der Waals surface area (Å²) < 4.78 is 0.917. The van der Waals surface area contributed by atoms with Gasteiger partial charge in [-0.3, -0.25) is 0 Å². The number of halogens is 1. The molecule has 1 unspecified atom stereocenters. The van der Waals surface area contributed by atoms with E-state index in [4.69, 9.17) is 5.73 Å². The third-order valence-electron chi connectivity index (χ3n) is 3.97. The Labute approximate surface area is 118 Å². The minimum absolute atomic E-state index is 0.319. The molecular weight excluding hydrogens is 290 g/mol. The molecule has 0 aliphatic heterocycles. The molecule has 2 rings (SSSR count). The smallest absolute Gasteiger partial charge is 0.133 e. The largest absolute Gasteiger partial charge is 0.506 e. The van der Waals surface area contributed by atoms with Crippen LogP contribution in [0.4, 0.5) is 0 Å². The highest BCUT2D eigenvalue weighted by molar-refractivity contribution is 9.10. The van der Waals surface area contributed by atoms with E-state index < -0.39 is 0 Å². The van der Waals surface area contributed by atoms with Gasteiger partial charge in [0.2, 0.25) is 0 Å². The molecule has 3 N–H and O–H groups in total. The molecule has 0 fully saturated rings. The van der Waals surface area contributed by atoms with Gasteiger partial charge in [-0.15, -0.1) is 0 Å². The van der Waals surface area contributed by atoms with Crippen LogP contribution in [0.1, 0.15) is 55.2 Å². The van der Waals surface area contributed by atoms with Crippen molar-refractivity contribution in [2.24, 2.45) is 5.73 Å². The quantitative estimate of drug-likeness (QED) is 0.832. The minimum Gasteiger partial charge on any atom is -0.506 e. The van der Waals surface area contributed by atoms with Gasteiger partial charge in [-0.05, 0) is 77.2 Å². The van der Waals surface area contributed by atoms with Crippen molar-refractivity contribution in [1.29, 1.82) is 0 Å². The van der Waals surface area contributed by atoms with Crippen molar-refractivity contribution in [3.63, 3.8) is 0 Å². The predicted octanol–water partition coefficient (Wildman–Crippen LogP) is 3.88. The lowest BCUT2D eigenvalue weighted by Gasteiger charge is -2.18. The van der Waals surface area contributed by atoms with Gasteiger partial charge in [0.1, 0.15) is 5.75 Å². The molecule has 2 nitrogen and oxygen atoms in total. The van der Waals surface area contributed by atoms with Crippen molar-refractivity contribution in [2.45, 2.75) is 51.4 Å². The first-order valence-corrected chi connectivity index (χ1v) is 7.67. The molecule has 0 amide bonds. The number of fused-ring (bicyclic) bond motifs is 1. The van der Waals surface area contributed by atoms with Crippen molar-refractivity contribution in [3.8, 4) is 5.75 Å². The third kappa shape index (κ3) is 2.72. The van der Waals surface area contributed by atoms with Crippen LogP contribution in [-0.2, 0) is 12.8 Å². The molecule has 0 bridgehead atoms. The van der Waals surface area contributed by atoms with Gasteiger partial charge >= 0.3 is 0 Å². The van der Waals surface area contributed by atoms with Crippen LogP contribution in [-0.4, -0.2) is 11.7 Å². The summed E-state index contributed by atoms with van der Waals surface area (Å²) in [5.74, 6) is 0.747. The van der Waals surface area contributed by atoms with Crippen molar-refractivity contribution < 1.29 is 5.11 Å². The zero-order chi connectivity index (χ0) is 13.1. The average molecular weight is 312 g/mol. The van der Waals surface area contributed by atoms with Crippen molar-refractivity contribution >= 4 is 15.9 Å². The maximum absolute atomic E-state index is 10.4. The number of benzene rings is 1. The summed E-state index contributed by atoms with van der Waals surface area (Å²) in [4.78, 5) is 0. The molecule has 1 aliphatic carbocycles. The fourth-order valence-corrected chi connectivity index (χ4v) is 3.50. The van der Waals surface area contributed by atoms with Crippen molar-refractivity contribution in [2.75, 3.05) is 6.54 Å². The van der Waals surface area contributed by atoms with Crippen LogP contribution in [0.15, 0.2) is 10.5 Å². The number of phenolic OH excluding ortho intramolecular Hbond substituents is 1. The molecule has 18 heavy (non-hydrogen) atoms. The van der Waals surface area contributed by atoms with Crippen LogP contribution in [0.2, 0.25) is 0 Å². The van der Waals surface area contributed by atoms with E-state index in [2.05, 4.69) is 28.9 Å². The topological polar surface area (TPSA) is 46.2 Å². The second-order valence-electron chi connectivity index (χ2n) is 5.31. The lowest BCUT2D eigenvalue weighted by molar-refractivity contribution is 0.456. The Morgan fingerprint density at radius 3 is 2.78 bits per heavy atom. The first-order valence-electron chi connectivity index (χ1n) is 6.88. The van der Waals surface area contributed by atoms with Gasteiger partial charge < -0.3 is 10.8 Å². The molecule has 1 aliphatic rings. The monoisotopic (exact) mass is 311 g/mol. The van der Waals surface area contributed by atoms with E-state index in [9.17, 15) is 5.11 Å². The highest BCUT2D eigenvalue weighted by Gasteiger charge is 2.20. The van der Waals surface area contributed by atoms with Gasteiger partial charge in [-0.25, -0.2) is 0 Å². The summed E-state index contributed by atoms with van der Waals surface area (Å²) in [5, 5.41) is 10.4. The van der Waals surface area contributed by atoms with Gasteiger partial charge in [-0.2, -0.15) is 0 Å². The van der Waals surface area contributed by atoms with Crippen LogP contribution in [0, 0.1) is 0 Å². The minimum atomic E-state index is 0.319. The lowest BCUT2D eigenvalue weighted by atomic mass is 9.91. The molecule has 1 aromatic rings. The highest BCUT2D eigenvalue weighted by atomic mass is 79.9.